The zero-order valence-electron chi connectivity index (χ0n) is 11.3. The van der Waals surface area contributed by atoms with Crippen molar-refractivity contribution in [3.8, 4) is 0 Å². The minimum atomic E-state index is -0.794. The second-order valence-electron chi connectivity index (χ2n) is 4.80. The van der Waals surface area contributed by atoms with Crippen LogP contribution in [-0.4, -0.2) is 17.8 Å². The van der Waals surface area contributed by atoms with Gasteiger partial charge in [0.25, 0.3) is 0 Å². The van der Waals surface area contributed by atoms with Gasteiger partial charge in [-0.05, 0) is 37.1 Å². The summed E-state index contributed by atoms with van der Waals surface area (Å²) in [5.74, 6) is -1.76. The molecule has 4 amide bonds. The Balaban J connectivity index is 2.40. The third-order valence-electron chi connectivity index (χ3n) is 3.13. The summed E-state index contributed by atoms with van der Waals surface area (Å²) < 4.78 is 0.775. The van der Waals surface area contributed by atoms with Crippen LogP contribution in [0.1, 0.15) is 25.3 Å². The number of nitrogens with one attached hydrogen (secondary N) is 1. The van der Waals surface area contributed by atoms with E-state index in [1.165, 1.54) is 0 Å². The smallest absolute Gasteiger partial charge is 0.277 e. The Hall–Kier alpha value is -1.69. The third kappa shape index (κ3) is 2.75. The van der Waals surface area contributed by atoms with Crippen LogP contribution >= 0.6 is 15.9 Å². The maximum Gasteiger partial charge on any atom is 0.335 e. The number of carbonyl (C=O) groups is 3. The molecule has 1 aromatic carbocycles. The van der Waals surface area contributed by atoms with Crippen LogP contribution in [-0.2, 0) is 9.59 Å². The molecule has 0 radical (unpaired) electrons. The monoisotopic (exact) mass is 338 g/mol. The van der Waals surface area contributed by atoms with E-state index in [9.17, 15) is 14.4 Å². The molecule has 1 atom stereocenters. The second kappa shape index (κ2) is 5.75. The van der Waals surface area contributed by atoms with E-state index in [0.717, 1.165) is 14.9 Å². The number of urea groups is 1. The molecule has 0 bridgehead atoms. The molecule has 1 saturated heterocycles. The predicted octanol–water partition coefficient (Wildman–Crippen LogP) is 2.76. The van der Waals surface area contributed by atoms with E-state index < -0.39 is 23.8 Å². The molecule has 1 aliphatic rings. The summed E-state index contributed by atoms with van der Waals surface area (Å²) in [6.07, 6.45) is 1.13. The minimum absolute atomic E-state index is 0.432. The zero-order valence-corrected chi connectivity index (χ0v) is 12.9. The van der Waals surface area contributed by atoms with E-state index in [2.05, 4.69) is 21.2 Å². The van der Waals surface area contributed by atoms with Crippen LogP contribution in [0.2, 0.25) is 0 Å². The van der Waals surface area contributed by atoms with Crippen molar-refractivity contribution in [1.29, 1.82) is 0 Å². The fourth-order valence-corrected chi connectivity index (χ4v) is 2.85. The molecule has 0 saturated carbocycles. The van der Waals surface area contributed by atoms with E-state index in [-0.39, 0.29) is 0 Å². The largest absolute Gasteiger partial charge is 0.335 e. The lowest BCUT2D eigenvalue weighted by Gasteiger charge is -2.30. The molecule has 1 N–H and O–H groups in total. The summed E-state index contributed by atoms with van der Waals surface area (Å²) >= 11 is 3.34. The predicted molar refractivity (Wildman–Crippen MR) is 78.3 cm³/mol. The highest BCUT2D eigenvalue weighted by Gasteiger charge is 2.40. The molecule has 1 unspecified atom stereocenters. The number of hydrogen-bond acceptors (Lipinski definition) is 3. The van der Waals surface area contributed by atoms with Gasteiger partial charge >= 0.3 is 6.03 Å². The van der Waals surface area contributed by atoms with Crippen LogP contribution < -0.4 is 10.2 Å². The average molecular weight is 339 g/mol. The van der Waals surface area contributed by atoms with Gasteiger partial charge in [-0.3, -0.25) is 14.9 Å². The number of halogens is 1. The number of rotatable bonds is 3. The SMILES string of the molecule is CCCC1C(=O)NC(=O)N(c2cc(C)cc(Br)c2)C1=O. The van der Waals surface area contributed by atoms with Crippen LogP contribution in [0, 0.1) is 12.8 Å². The minimum Gasteiger partial charge on any atom is -0.277 e. The molecule has 5 nitrogen and oxygen atoms in total. The molecule has 0 spiro atoms. The van der Waals surface area contributed by atoms with Crippen molar-refractivity contribution in [1.82, 2.24) is 5.32 Å². The number of benzene rings is 1. The number of anilines is 1. The van der Waals surface area contributed by atoms with Crippen LogP contribution in [0.3, 0.4) is 0 Å². The molecule has 20 heavy (non-hydrogen) atoms. The first-order valence-electron chi connectivity index (χ1n) is 6.40. The molecular weight excluding hydrogens is 324 g/mol. The molecule has 1 aromatic rings. The number of imide groups is 2. The van der Waals surface area contributed by atoms with Gasteiger partial charge in [-0.1, -0.05) is 29.3 Å². The summed E-state index contributed by atoms with van der Waals surface area (Å²) in [4.78, 5) is 37.1. The number of hydrogen-bond donors (Lipinski definition) is 1. The summed E-state index contributed by atoms with van der Waals surface area (Å²) in [6.45, 7) is 3.76. The summed E-state index contributed by atoms with van der Waals surface area (Å²) in [5.41, 5.74) is 1.38. The van der Waals surface area contributed by atoms with Crippen LogP contribution in [0.5, 0.6) is 0 Å². The standard InChI is InChI=1S/C14H15BrN2O3/c1-3-4-11-12(18)16-14(20)17(13(11)19)10-6-8(2)5-9(15)7-10/h5-7,11H,3-4H2,1-2H3,(H,16,18,20). The second-order valence-corrected chi connectivity index (χ2v) is 5.71. The number of carbonyl (C=O) groups excluding carboxylic acids is 3. The first-order valence-corrected chi connectivity index (χ1v) is 7.19. The number of barbiturate groups is 1. The fourth-order valence-electron chi connectivity index (χ4n) is 2.25. The van der Waals surface area contributed by atoms with Crippen molar-refractivity contribution in [2.75, 3.05) is 4.90 Å². The van der Waals surface area contributed by atoms with Gasteiger partial charge in [0.05, 0.1) is 5.69 Å². The van der Waals surface area contributed by atoms with Crippen molar-refractivity contribution >= 4 is 39.5 Å². The van der Waals surface area contributed by atoms with Gasteiger partial charge < -0.3 is 0 Å². The van der Waals surface area contributed by atoms with E-state index in [0.29, 0.717) is 18.5 Å². The van der Waals surface area contributed by atoms with E-state index >= 15 is 0 Å². The summed E-state index contributed by atoms with van der Waals surface area (Å²) in [6, 6.07) is 4.61. The van der Waals surface area contributed by atoms with Gasteiger partial charge in [0.1, 0.15) is 5.92 Å². The van der Waals surface area contributed by atoms with Crippen LogP contribution in [0.25, 0.3) is 0 Å². The highest BCUT2D eigenvalue weighted by Crippen LogP contribution is 2.27. The zero-order chi connectivity index (χ0) is 14.9. The lowest BCUT2D eigenvalue weighted by molar-refractivity contribution is -0.134. The van der Waals surface area contributed by atoms with Crippen LogP contribution in [0.15, 0.2) is 22.7 Å². The highest BCUT2D eigenvalue weighted by atomic mass is 79.9. The molecule has 1 heterocycles. The van der Waals surface area contributed by atoms with Crippen molar-refractivity contribution < 1.29 is 14.4 Å². The van der Waals surface area contributed by atoms with Crippen molar-refractivity contribution in [3.63, 3.8) is 0 Å². The Labute approximate surface area is 125 Å². The number of aryl methyl sites for hydroxylation is 1. The van der Waals surface area contributed by atoms with Gasteiger partial charge in [0, 0.05) is 4.47 Å². The van der Waals surface area contributed by atoms with Gasteiger partial charge in [-0.2, -0.15) is 0 Å². The molecule has 6 heteroatoms. The maximum absolute atomic E-state index is 12.4. The van der Waals surface area contributed by atoms with E-state index in [4.69, 9.17) is 0 Å². The number of nitrogens with zero attached hydrogens (tertiary/aromatic N) is 1. The molecule has 1 fully saturated rings. The molecular formula is C14H15BrN2O3. The van der Waals surface area contributed by atoms with Gasteiger partial charge in [0.2, 0.25) is 11.8 Å². The van der Waals surface area contributed by atoms with Crippen molar-refractivity contribution in [3.05, 3.63) is 28.2 Å². The van der Waals surface area contributed by atoms with E-state index in [1.54, 1.807) is 12.1 Å². The summed E-state index contributed by atoms with van der Waals surface area (Å²) in [7, 11) is 0. The van der Waals surface area contributed by atoms with Gasteiger partial charge in [0.15, 0.2) is 0 Å². The summed E-state index contributed by atoms with van der Waals surface area (Å²) in [5, 5.41) is 2.24. The Kier molecular flexibility index (Phi) is 4.23. The topological polar surface area (TPSA) is 66.5 Å². The molecule has 106 valence electrons. The Bertz CT molecular complexity index is 566. The number of amides is 4. The first kappa shape index (κ1) is 14.7. The quantitative estimate of drug-likeness (QED) is 0.861. The maximum atomic E-state index is 12.4. The van der Waals surface area contributed by atoms with Crippen molar-refractivity contribution in [2.24, 2.45) is 5.92 Å². The van der Waals surface area contributed by atoms with Gasteiger partial charge in [-0.25, -0.2) is 9.69 Å². The average Bonchev–Trinajstić information content (AvgIpc) is 2.33. The molecule has 1 aliphatic heterocycles. The van der Waals surface area contributed by atoms with Crippen molar-refractivity contribution in [2.45, 2.75) is 26.7 Å². The fraction of sp³-hybridized carbons (Fsp3) is 0.357. The Morgan fingerprint density at radius 3 is 2.55 bits per heavy atom. The Morgan fingerprint density at radius 2 is 1.95 bits per heavy atom. The normalized spacial score (nSPS) is 19.2. The van der Waals surface area contributed by atoms with E-state index in [1.807, 2.05) is 19.9 Å². The van der Waals surface area contributed by atoms with Crippen LogP contribution in [0.4, 0.5) is 10.5 Å². The lowest BCUT2D eigenvalue weighted by atomic mass is 9.98. The molecule has 2 rings (SSSR count). The molecule has 0 aliphatic carbocycles. The molecule has 0 aromatic heterocycles. The lowest BCUT2D eigenvalue weighted by Crippen LogP contribution is -2.58. The first-order chi connectivity index (χ1) is 9.43. The third-order valence-corrected chi connectivity index (χ3v) is 3.59. The Morgan fingerprint density at radius 1 is 1.25 bits per heavy atom. The highest BCUT2D eigenvalue weighted by molar-refractivity contribution is 9.10. The van der Waals surface area contributed by atoms with Gasteiger partial charge in [-0.15, -0.1) is 0 Å².